The van der Waals surface area contributed by atoms with Gasteiger partial charge in [0.15, 0.2) is 16.5 Å². The average molecular weight is 275 g/mol. The summed E-state index contributed by atoms with van der Waals surface area (Å²) in [5.74, 6) is 1.58. The molecule has 1 aliphatic rings. The summed E-state index contributed by atoms with van der Waals surface area (Å²) in [4.78, 5) is 5.62. The van der Waals surface area contributed by atoms with Crippen LogP contribution in [0.25, 0.3) is 16.0 Å². The molecule has 6 heteroatoms. The summed E-state index contributed by atoms with van der Waals surface area (Å²) in [6, 6.07) is 3.96. The number of ether oxygens (including phenoxy) is 2. The van der Waals surface area contributed by atoms with Crippen LogP contribution in [0.15, 0.2) is 17.5 Å². The summed E-state index contributed by atoms with van der Waals surface area (Å²) in [6.07, 6.45) is 0.847. The number of fused-ring (bicyclic) bond motifs is 4. The van der Waals surface area contributed by atoms with E-state index in [-0.39, 0.29) is 0 Å². The van der Waals surface area contributed by atoms with Crippen LogP contribution in [-0.2, 0) is 6.42 Å². The molecule has 3 heterocycles. The van der Waals surface area contributed by atoms with Gasteiger partial charge in [0.2, 0.25) is 0 Å². The molecule has 5 nitrogen and oxygen atoms in total. The van der Waals surface area contributed by atoms with Crippen molar-refractivity contribution < 1.29 is 9.47 Å². The summed E-state index contributed by atoms with van der Waals surface area (Å²) >= 11 is 1.64. The minimum Gasteiger partial charge on any atom is -0.486 e. The van der Waals surface area contributed by atoms with Crippen molar-refractivity contribution in [2.45, 2.75) is 6.42 Å². The second kappa shape index (κ2) is 4.11. The molecule has 0 amide bonds. The fourth-order valence-corrected chi connectivity index (χ4v) is 3.38. The van der Waals surface area contributed by atoms with Gasteiger partial charge < -0.3 is 15.2 Å². The molecule has 0 spiro atoms. The van der Waals surface area contributed by atoms with Gasteiger partial charge in [0.1, 0.15) is 13.2 Å². The molecule has 19 heavy (non-hydrogen) atoms. The number of hydrogen-bond acceptors (Lipinski definition) is 5. The van der Waals surface area contributed by atoms with Crippen molar-refractivity contribution in [3.63, 3.8) is 0 Å². The van der Waals surface area contributed by atoms with Crippen molar-refractivity contribution in [3.05, 3.63) is 23.2 Å². The fraction of sp³-hybridized carbons (Fsp3) is 0.308. The minimum absolute atomic E-state index is 0.596. The summed E-state index contributed by atoms with van der Waals surface area (Å²) in [5.41, 5.74) is 8.86. The van der Waals surface area contributed by atoms with Gasteiger partial charge in [0.05, 0.1) is 11.0 Å². The highest BCUT2D eigenvalue weighted by atomic mass is 32.1. The minimum atomic E-state index is 0.596. The van der Waals surface area contributed by atoms with E-state index in [4.69, 9.17) is 15.2 Å². The third kappa shape index (κ3) is 1.60. The molecule has 2 aromatic heterocycles. The van der Waals surface area contributed by atoms with E-state index in [0.717, 1.165) is 33.9 Å². The molecule has 0 bridgehead atoms. The molecule has 0 saturated heterocycles. The monoisotopic (exact) mass is 275 g/mol. The van der Waals surface area contributed by atoms with Crippen LogP contribution in [0, 0.1) is 0 Å². The van der Waals surface area contributed by atoms with E-state index in [1.165, 1.54) is 5.69 Å². The van der Waals surface area contributed by atoms with E-state index in [1.54, 1.807) is 11.3 Å². The van der Waals surface area contributed by atoms with Gasteiger partial charge in [0.25, 0.3) is 0 Å². The molecule has 4 rings (SSSR count). The first kappa shape index (κ1) is 11.1. The van der Waals surface area contributed by atoms with Crippen molar-refractivity contribution in [2.24, 2.45) is 5.73 Å². The van der Waals surface area contributed by atoms with Crippen LogP contribution in [0.2, 0.25) is 0 Å². The summed E-state index contributed by atoms with van der Waals surface area (Å²) < 4.78 is 13.4. The topological polar surface area (TPSA) is 61.8 Å². The average Bonchev–Trinajstić information content (AvgIpc) is 2.96. The Labute approximate surface area is 113 Å². The maximum atomic E-state index is 5.66. The SMILES string of the molecule is NCCc1csc2nc3cc4c(cc3n12)OCCO4. The first-order valence-corrected chi connectivity index (χ1v) is 7.13. The van der Waals surface area contributed by atoms with Gasteiger partial charge in [-0.25, -0.2) is 4.98 Å². The Bertz CT molecular complexity index is 762. The van der Waals surface area contributed by atoms with Crippen LogP contribution in [0.5, 0.6) is 11.5 Å². The van der Waals surface area contributed by atoms with Gasteiger partial charge in [-0.2, -0.15) is 0 Å². The molecule has 2 N–H and O–H groups in total. The second-order valence-corrected chi connectivity index (χ2v) is 5.32. The van der Waals surface area contributed by atoms with Gasteiger partial charge in [-0.15, -0.1) is 11.3 Å². The number of thiazole rings is 1. The Kier molecular flexibility index (Phi) is 2.39. The lowest BCUT2D eigenvalue weighted by Gasteiger charge is -2.17. The van der Waals surface area contributed by atoms with Crippen molar-refractivity contribution in [3.8, 4) is 11.5 Å². The number of benzene rings is 1. The Balaban J connectivity index is 2.01. The van der Waals surface area contributed by atoms with E-state index in [0.29, 0.717) is 19.8 Å². The molecular weight excluding hydrogens is 262 g/mol. The Morgan fingerprint density at radius 2 is 2.05 bits per heavy atom. The Morgan fingerprint density at radius 3 is 2.84 bits per heavy atom. The Morgan fingerprint density at radius 1 is 1.26 bits per heavy atom. The normalized spacial score (nSPS) is 14.4. The zero-order chi connectivity index (χ0) is 12.8. The molecule has 0 unspecified atom stereocenters. The highest BCUT2D eigenvalue weighted by Gasteiger charge is 2.17. The highest BCUT2D eigenvalue weighted by Crippen LogP contribution is 2.36. The van der Waals surface area contributed by atoms with Crippen LogP contribution >= 0.6 is 11.3 Å². The molecule has 1 aromatic carbocycles. The predicted octanol–water partition coefficient (Wildman–Crippen LogP) is 1.82. The van der Waals surface area contributed by atoms with Gasteiger partial charge in [-0.3, -0.25) is 4.40 Å². The van der Waals surface area contributed by atoms with Crippen molar-refractivity contribution in [1.29, 1.82) is 0 Å². The predicted molar refractivity (Wildman–Crippen MR) is 74.3 cm³/mol. The number of nitrogens with zero attached hydrogens (tertiary/aromatic N) is 2. The lowest BCUT2D eigenvalue weighted by atomic mass is 10.2. The van der Waals surface area contributed by atoms with Gasteiger partial charge >= 0.3 is 0 Å². The lowest BCUT2D eigenvalue weighted by Crippen LogP contribution is -2.15. The zero-order valence-corrected chi connectivity index (χ0v) is 11.1. The summed E-state index contributed by atoms with van der Waals surface area (Å²) in [7, 11) is 0. The van der Waals surface area contributed by atoms with E-state index in [2.05, 4.69) is 14.8 Å². The molecule has 98 valence electrons. The fourth-order valence-electron chi connectivity index (χ4n) is 2.44. The second-order valence-electron chi connectivity index (χ2n) is 4.48. The largest absolute Gasteiger partial charge is 0.486 e. The van der Waals surface area contributed by atoms with Crippen molar-refractivity contribution in [1.82, 2.24) is 9.38 Å². The van der Waals surface area contributed by atoms with Gasteiger partial charge in [0, 0.05) is 29.6 Å². The van der Waals surface area contributed by atoms with E-state index < -0.39 is 0 Å². The maximum Gasteiger partial charge on any atom is 0.194 e. The van der Waals surface area contributed by atoms with Crippen molar-refractivity contribution in [2.75, 3.05) is 19.8 Å². The van der Waals surface area contributed by atoms with Gasteiger partial charge in [-0.1, -0.05) is 0 Å². The highest BCUT2D eigenvalue weighted by molar-refractivity contribution is 7.15. The third-order valence-electron chi connectivity index (χ3n) is 3.28. The number of nitrogens with two attached hydrogens (primary N) is 1. The first-order chi connectivity index (χ1) is 9.36. The molecule has 1 aliphatic heterocycles. The van der Waals surface area contributed by atoms with Crippen molar-refractivity contribution >= 4 is 27.3 Å². The van der Waals surface area contributed by atoms with Crippen LogP contribution in [0.4, 0.5) is 0 Å². The lowest BCUT2D eigenvalue weighted by molar-refractivity contribution is 0.172. The number of imidazole rings is 1. The first-order valence-electron chi connectivity index (χ1n) is 6.25. The quantitative estimate of drug-likeness (QED) is 0.775. The summed E-state index contributed by atoms with van der Waals surface area (Å²) in [6.45, 7) is 1.83. The van der Waals surface area contributed by atoms with E-state index in [9.17, 15) is 0 Å². The third-order valence-corrected chi connectivity index (χ3v) is 4.15. The molecule has 0 atom stereocenters. The maximum absolute atomic E-state index is 5.66. The molecule has 0 saturated carbocycles. The molecular formula is C13H13N3O2S. The number of hydrogen-bond donors (Lipinski definition) is 1. The van der Waals surface area contributed by atoms with Crippen LogP contribution in [-0.4, -0.2) is 29.1 Å². The zero-order valence-electron chi connectivity index (χ0n) is 10.3. The van der Waals surface area contributed by atoms with Crippen LogP contribution in [0.1, 0.15) is 5.69 Å². The molecule has 0 aliphatic carbocycles. The summed E-state index contributed by atoms with van der Waals surface area (Å²) in [5, 5.41) is 2.12. The molecule has 3 aromatic rings. The van der Waals surface area contributed by atoms with Crippen LogP contribution < -0.4 is 15.2 Å². The number of rotatable bonds is 2. The molecule has 0 radical (unpaired) electrons. The number of aromatic nitrogens is 2. The van der Waals surface area contributed by atoms with E-state index in [1.807, 2.05) is 12.1 Å². The Hall–Kier alpha value is -1.79. The van der Waals surface area contributed by atoms with Gasteiger partial charge in [-0.05, 0) is 6.54 Å². The van der Waals surface area contributed by atoms with E-state index >= 15 is 0 Å². The standard InChI is InChI=1S/C13H13N3O2S/c14-2-1-8-7-19-13-15-9-5-11-12(18-4-3-17-11)6-10(9)16(8)13/h5-7H,1-4,14H2. The smallest absolute Gasteiger partial charge is 0.194 e. The molecule has 0 fully saturated rings. The van der Waals surface area contributed by atoms with Crippen LogP contribution in [0.3, 0.4) is 0 Å².